The summed E-state index contributed by atoms with van der Waals surface area (Å²) in [5.74, 6) is 4.79. The molecule has 0 aliphatic heterocycles. The molecule has 0 radical (unpaired) electrons. The highest BCUT2D eigenvalue weighted by Gasteiger charge is 2.65. The van der Waals surface area contributed by atoms with Crippen LogP contribution in [0.25, 0.3) is 0 Å². The van der Waals surface area contributed by atoms with Crippen LogP contribution in [0, 0.1) is 40.9 Å². The monoisotopic (exact) mass is 396 g/mol. The third-order valence-electron chi connectivity index (χ3n) is 8.68. The van der Waals surface area contributed by atoms with E-state index in [1.54, 1.807) is 0 Å². The zero-order valence-corrected chi connectivity index (χ0v) is 18.0. The van der Waals surface area contributed by atoms with E-state index in [2.05, 4.69) is 31.9 Å². The fraction of sp³-hybridized carbons (Fsp3) is 0.680. The first-order chi connectivity index (χ1) is 13.6. The van der Waals surface area contributed by atoms with Gasteiger partial charge in [0.25, 0.3) is 0 Å². The van der Waals surface area contributed by atoms with Gasteiger partial charge in [-0.1, -0.05) is 25.8 Å². The Morgan fingerprint density at radius 2 is 1.83 bits per heavy atom. The van der Waals surface area contributed by atoms with E-state index in [4.69, 9.17) is 15.9 Å². The Balaban J connectivity index is 1.66. The van der Waals surface area contributed by atoms with Gasteiger partial charge in [0.15, 0.2) is 5.60 Å². The van der Waals surface area contributed by atoms with Crippen molar-refractivity contribution in [3.8, 4) is 12.3 Å². The first-order valence-electron chi connectivity index (χ1n) is 10.9. The van der Waals surface area contributed by atoms with Crippen molar-refractivity contribution in [2.24, 2.45) is 28.6 Å². The Bertz CT molecular complexity index is 845. The van der Waals surface area contributed by atoms with E-state index in [-0.39, 0.29) is 22.8 Å². The maximum Gasteiger partial charge on any atom is 0.307 e. The molecule has 0 spiro atoms. The zero-order valence-electron chi connectivity index (χ0n) is 18.0. The van der Waals surface area contributed by atoms with Crippen LogP contribution < -0.4 is 0 Å². The summed E-state index contributed by atoms with van der Waals surface area (Å²) in [6.45, 7) is 7.57. The van der Waals surface area contributed by atoms with Gasteiger partial charge in [-0.05, 0) is 73.3 Å². The highest BCUT2D eigenvalue weighted by molar-refractivity contribution is 5.68. The molecule has 0 aromatic heterocycles. The fourth-order valence-corrected chi connectivity index (χ4v) is 7.24. The Morgan fingerprint density at radius 3 is 2.48 bits per heavy atom. The molecule has 0 saturated heterocycles. The molecule has 29 heavy (non-hydrogen) atoms. The van der Waals surface area contributed by atoms with Gasteiger partial charge in [-0.15, -0.1) is 6.42 Å². The van der Waals surface area contributed by atoms with Crippen LogP contribution in [0.3, 0.4) is 0 Å². The Morgan fingerprint density at radius 1 is 1.10 bits per heavy atom. The minimum Gasteiger partial charge on any atom is -0.445 e. The predicted molar refractivity (Wildman–Crippen MR) is 110 cm³/mol. The van der Waals surface area contributed by atoms with Crippen LogP contribution in [-0.4, -0.2) is 17.5 Å². The molecule has 2 saturated carbocycles. The van der Waals surface area contributed by atoms with Gasteiger partial charge in [0, 0.05) is 25.7 Å². The van der Waals surface area contributed by atoms with Crippen LogP contribution >= 0.6 is 0 Å². The number of terminal acetylenes is 1. The molecule has 0 bridgehead atoms. The number of ether oxygens (including phenoxy) is 2. The van der Waals surface area contributed by atoms with E-state index >= 15 is 0 Å². The Hall–Kier alpha value is -2.02. The highest BCUT2D eigenvalue weighted by atomic mass is 16.6. The van der Waals surface area contributed by atoms with Crippen molar-refractivity contribution in [1.29, 1.82) is 0 Å². The largest absolute Gasteiger partial charge is 0.445 e. The number of rotatable bonds is 2. The summed E-state index contributed by atoms with van der Waals surface area (Å²) in [5, 5.41) is 0. The summed E-state index contributed by atoms with van der Waals surface area (Å²) in [6.07, 6.45) is 17.1. The third-order valence-corrected chi connectivity index (χ3v) is 8.68. The normalized spacial score (nSPS) is 42.9. The Labute approximate surface area is 174 Å². The van der Waals surface area contributed by atoms with Crippen molar-refractivity contribution in [3.63, 3.8) is 0 Å². The molecule has 0 N–H and O–H groups in total. The minimum absolute atomic E-state index is 0.108. The molecular formula is C25H32O4. The maximum atomic E-state index is 11.8. The lowest BCUT2D eigenvalue weighted by Gasteiger charge is -2.57. The SMILES string of the molecule is C#CC1(OC(C)=O)CCC2C3CC=C4C=C(OC(C)=O)CCC4(C)C3CCC21C. The first kappa shape index (κ1) is 20.3. The van der Waals surface area contributed by atoms with E-state index in [0.717, 1.165) is 50.7 Å². The van der Waals surface area contributed by atoms with Crippen molar-refractivity contribution in [3.05, 3.63) is 23.5 Å². The van der Waals surface area contributed by atoms with E-state index in [0.29, 0.717) is 17.8 Å². The van der Waals surface area contributed by atoms with Crippen molar-refractivity contribution >= 4 is 11.9 Å². The molecule has 4 heteroatoms. The van der Waals surface area contributed by atoms with Gasteiger partial charge in [0.1, 0.15) is 5.76 Å². The van der Waals surface area contributed by atoms with Crippen LogP contribution in [-0.2, 0) is 19.1 Å². The number of hydrogen-bond donors (Lipinski definition) is 0. The second kappa shape index (κ2) is 6.76. The smallest absolute Gasteiger partial charge is 0.307 e. The van der Waals surface area contributed by atoms with Gasteiger partial charge in [-0.2, -0.15) is 0 Å². The maximum absolute atomic E-state index is 11.8. The van der Waals surface area contributed by atoms with Gasteiger partial charge >= 0.3 is 11.9 Å². The molecule has 4 aliphatic carbocycles. The van der Waals surface area contributed by atoms with Gasteiger partial charge in [0.2, 0.25) is 0 Å². The lowest BCUT2D eigenvalue weighted by Crippen LogP contribution is -2.55. The standard InChI is InChI=1S/C25H32O4/c1-6-25(29-17(3)27)14-11-22-20-8-7-18-15-19(28-16(2)26)9-12-23(18,4)21(20)10-13-24(22,25)5/h1,7,15,20-22H,8-14H2,2-5H3. The second-order valence-corrected chi connectivity index (χ2v) is 9.95. The van der Waals surface area contributed by atoms with E-state index in [1.165, 1.54) is 19.4 Å². The van der Waals surface area contributed by atoms with Crippen molar-refractivity contribution in [2.45, 2.75) is 78.2 Å². The molecule has 0 aromatic rings. The summed E-state index contributed by atoms with van der Waals surface area (Å²) in [5.41, 5.74) is 0.500. The topological polar surface area (TPSA) is 52.6 Å². The lowest BCUT2D eigenvalue weighted by molar-refractivity contribution is -0.168. The molecule has 4 aliphatic rings. The third kappa shape index (κ3) is 2.88. The predicted octanol–water partition coefficient (Wildman–Crippen LogP) is 4.94. The second-order valence-electron chi connectivity index (χ2n) is 9.95. The average molecular weight is 397 g/mol. The average Bonchev–Trinajstić information content (AvgIpc) is 2.94. The van der Waals surface area contributed by atoms with Gasteiger partial charge in [-0.25, -0.2) is 0 Å². The molecule has 0 amide bonds. The summed E-state index contributed by atoms with van der Waals surface area (Å²) in [4.78, 5) is 23.2. The van der Waals surface area contributed by atoms with E-state index in [9.17, 15) is 9.59 Å². The molecule has 6 unspecified atom stereocenters. The molecule has 6 atom stereocenters. The molecule has 0 aromatic carbocycles. The van der Waals surface area contributed by atoms with Crippen LogP contribution in [0.2, 0.25) is 0 Å². The summed E-state index contributed by atoms with van der Waals surface area (Å²) in [6, 6.07) is 0. The molecular weight excluding hydrogens is 364 g/mol. The quantitative estimate of drug-likeness (QED) is 0.490. The van der Waals surface area contributed by atoms with E-state index in [1.807, 2.05) is 0 Å². The summed E-state index contributed by atoms with van der Waals surface area (Å²) in [7, 11) is 0. The van der Waals surface area contributed by atoms with Gasteiger partial charge in [-0.3, -0.25) is 9.59 Å². The fourth-order valence-electron chi connectivity index (χ4n) is 7.24. The summed E-state index contributed by atoms with van der Waals surface area (Å²) < 4.78 is 11.2. The Kier molecular flexibility index (Phi) is 4.72. The number of carbonyl (C=O) groups excluding carboxylic acids is 2. The first-order valence-corrected chi connectivity index (χ1v) is 10.9. The van der Waals surface area contributed by atoms with Crippen LogP contribution in [0.4, 0.5) is 0 Å². The van der Waals surface area contributed by atoms with Gasteiger partial charge < -0.3 is 9.47 Å². The molecule has 156 valence electrons. The number of carbonyl (C=O) groups is 2. The molecule has 0 heterocycles. The lowest BCUT2D eigenvalue weighted by atomic mass is 9.47. The molecule has 4 rings (SSSR count). The van der Waals surface area contributed by atoms with Crippen LogP contribution in [0.15, 0.2) is 23.5 Å². The van der Waals surface area contributed by atoms with E-state index < -0.39 is 5.60 Å². The molecule has 4 nitrogen and oxygen atoms in total. The number of esters is 2. The molecule has 2 fully saturated rings. The van der Waals surface area contributed by atoms with Crippen LogP contribution in [0.1, 0.15) is 72.6 Å². The van der Waals surface area contributed by atoms with Crippen molar-refractivity contribution < 1.29 is 19.1 Å². The highest BCUT2D eigenvalue weighted by Crippen LogP contribution is 2.67. The summed E-state index contributed by atoms with van der Waals surface area (Å²) >= 11 is 0. The number of fused-ring (bicyclic) bond motifs is 5. The number of allylic oxidation sites excluding steroid dienone is 4. The van der Waals surface area contributed by atoms with Crippen molar-refractivity contribution in [2.75, 3.05) is 0 Å². The van der Waals surface area contributed by atoms with Crippen LogP contribution in [0.5, 0.6) is 0 Å². The minimum atomic E-state index is -0.770. The van der Waals surface area contributed by atoms with Crippen molar-refractivity contribution in [1.82, 2.24) is 0 Å². The number of hydrogen-bond acceptors (Lipinski definition) is 4. The van der Waals surface area contributed by atoms with Gasteiger partial charge in [0.05, 0.1) is 0 Å². The zero-order chi connectivity index (χ0) is 21.0.